The first-order chi connectivity index (χ1) is 16.0. The lowest BCUT2D eigenvalue weighted by atomic mass is 9.68. The summed E-state index contributed by atoms with van der Waals surface area (Å²) in [5, 5.41) is 25.8. The third-order valence-electron chi connectivity index (χ3n) is 6.98. The zero-order valence-corrected chi connectivity index (χ0v) is 19.2. The van der Waals surface area contributed by atoms with Gasteiger partial charge in [0.05, 0.1) is 18.8 Å². The van der Waals surface area contributed by atoms with Gasteiger partial charge in [0.25, 0.3) is 0 Å². The fourth-order valence-electron chi connectivity index (χ4n) is 5.21. The minimum Gasteiger partial charge on any atom is -0.385 e. The Bertz CT molecular complexity index is 868. The van der Waals surface area contributed by atoms with Crippen molar-refractivity contribution in [2.45, 2.75) is 63.4 Å². The van der Waals surface area contributed by atoms with Crippen LogP contribution >= 0.6 is 0 Å². The van der Waals surface area contributed by atoms with Crippen LogP contribution in [0.5, 0.6) is 0 Å². The van der Waals surface area contributed by atoms with Gasteiger partial charge in [0.2, 0.25) is 6.41 Å². The number of hydrogen-bond acceptors (Lipinski definition) is 6. The number of fused-ring (bicyclic) bond motifs is 1. The number of hydrogen-bond donors (Lipinski definition) is 3. The Hall–Kier alpha value is -2.03. The summed E-state index contributed by atoms with van der Waals surface area (Å²) in [6, 6.07) is 15.8. The van der Waals surface area contributed by atoms with Crippen molar-refractivity contribution in [1.29, 1.82) is 0 Å². The van der Waals surface area contributed by atoms with Crippen LogP contribution in [0, 0.1) is 11.7 Å². The Morgan fingerprint density at radius 3 is 2.67 bits per heavy atom. The lowest BCUT2D eigenvalue weighted by Crippen LogP contribution is -2.65. The predicted molar refractivity (Wildman–Crippen MR) is 125 cm³/mol. The normalized spacial score (nSPS) is 28.3. The molecule has 7 heteroatoms. The molecule has 4 rings (SSSR count). The molecule has 0 radical (unpaired) electrons. The average Bonchev–Trinajstić information content (AvgIpc) is 2.84. The van der Waals surface area contributed by atoms with Crippen LogP contribution in [0.25, 0.3) is 0 Å². The fraction of sp³-hybridized carbons (Fsp3) is 0.538. The predicted octanol–water partition coefficient (Wildman–Crippen LogP) is 3.74. The van der Waals surface area contributed by atoms with Crippen molar-refractivity contribution in [3.63, 3.8) is 0 Å². The molecule has 1 aliphatic heterocycles. The molecule has 5 unspecified atom stereocenters. The second kappa shape index (κ2) is 10.9. The van der Waals surface area contributed by atoms with Gasteiger partial charge >= 0.3 is 0 Å². The number of anilines is 1. The molecule has 1 heterocycles. The van der Waals surface area contributed by atoms with Crippen LogP contribution in [0.3, 0.4) is 0 Å². The van der Waals surface area contributed by atoms with Crippen LogP contribution < -0.4 is 5.32 Å². The summed E-state index contributed by atoms with van der Waals surface area (Å²) >= 11 is 0. The van der Waals surface area contributed by atoms with Crippen molar-refractivity contribution < 1.29 is 24.1 Å². The zero-order valence-electron chi connectivity index (χ0n) is 19.2. The molecule has 2 aromatic carbocycles. The third-order valence-corrected chi connectivity index (χ3v) is 6.98. The number of rotatable bonds is 9. The minimum absolute atomic E-state index is 0.0662. The van der Waals surface area contributed by atoms with Gasteiger partial charge in [-0.1, -0.05) is 37.3 Å². The third kappa shape index (κ3) is 5.73. The van der Waals surface area contributed by atoms with E-state index in [0.29, 0.717) is 32.7 Å². The molecule has 5 atom stereocenters. The molecule has 2 aliphatic rings. The van der Waals surface area contributed by atoms with E-state index in [0.717, 1.165) is 30.5 Å². The van der Waals surface area contributed by atoms with E-state index in [1.807, 2.05) is 42.2 Å². The summed E-state index contributed by atoms with van der Waals surface area (Å²) in [4.78, 5) is 1.89. The van der Waals surface area contributed by atoms with Crippen LogP contribution in [-0.2, 0) is 16.1 Å². The topological polar surface area (TPSA) is 74.2 Å². The monoisotopic (exact) mass is 458 g/mol. The number of nitrogens with zero attached hydrogens (tertiary/aromatic N) is 1. The Morgan fingerprint density at radius 1 is 1.18 bits per heavy atom. The van der Waals surface area contributed by atoms with Crippen LogP contribution in [0.2, 0.25) is 0 Å². The maximum atomic E-state index is 13.3. The van der Waals surface area contributed by atoms with E-state index in [1.165, 1.54) is 12.1 Å². The van der Waals surface area contributed by atoms with E-state index in [-0.39, 0.29) is 23.9 Å². The largest absolute Gasteiger partial charge is 0.385 e. The fourth-order valence-corrected chi connectivity index (χ4v) is 5.21. The van der Waals surface area contributed by atoms with Gasteiger partial charge in [0, 0.05) is 24.8 Å². The van der Waals surface area contributed by atoms with Gasteiger partial charge in [-0.05, 0) is 62.1 Å². The molecule has 0 bridgehead atoms. The summed E-state index contributed by atoms with van der Waals surface area (Å²) in [6.45, 7) is 4.13. The molecule has 1 saturated carbocycles. The molecule has 2 aromatic rings. The van der Waals surface area contributed by atoms with Crippen molar-refractivity contribution in [2.24, 2.45) is 5.92 Å². The number of ether oxygens (including phenoxy) is 2. The molecule has 1 aliphatic carbocycles. The van der Waals surface area contributed by atoms with E-state index in [9.17, 15) is 14.6 Å². The molecule has 33 heavy (non-hydrogen) atoms. The van der Waals surface area contributed by atoms with Crippen LogP contribution in [0.4, 0.5) is 10.1 Å². The zero-order chi connectivity index (χ0) is 23.3. The van der Waals surface area contributed by atoms with Gasteiger partial charge in [-0.2, -0.15) is 0 Å². The molecular weight excluding hydrogens is 423 g/mol. The Balaban J connectivity index is 1.41. The molecular formula is C26H35FN2O4. The van der Waals surface area contributed by atoms with E-state index in [2.05, 4.69) is 5.32 Å². The minimum atomic E-state index is -1.03. The SMILES string of the molecule is CCN(CC1CCC(Nc2ccc(F)cc2)C2(O)CCCOC12)C(O)OCc1ccccc1. The molecule has 180 valence electrons. The first-order valence-corrected chi connectivity index (χ1v) is 11.9. The van der Waals surface area contributed by atoms with E-state index in [4.69, 9.17) is 9.47 Å². The van der Waals surface area contributed by atoms with E-state index >= 15 is 0 Å². The first kappa shape index (κ1) is 24.1. The number of aliphatic hydroxyl groups is 2. The molecule has 0 amide bonds. The van der Waals surface area contributed by atoms with Crippen molar-refractivity contribution in [3.05, 3.63) is 66.0 Å². The molecule has 6 nitrogen and oxygen atoms in total. The highest BCUT2D eigenvalue weighted by Crippen LogP contribution is 2.42. The van der Waals surface area contributed by atoms with Gasteiger partial charge < -0.3 is 25.0 Å². The average molecular weight is 459 g/mol. The quantitative estimate of drug-likeness (QED) is 0.497. The highest BCUT2D eigenvalue weighted by molar-refractivity contribution is 5.45. The molecule has 0 spiro atoms. The Kier molecular flexibility index (Phi) is 7.98. The van der Waals surface area contributed by atoms with Gasteiger partial charge in [0.15, 0.2) is 0 Å². The first-order valence-electron chi connectivity index (χ1n) is 11.9. The standard InChI is InChI=1S/C26H35FN2O4/c1-2-29(25(30)33-18-19-7-4-3-5-8-19)17-20-9-14-23(26(31)15-6-16-32-24(20)26)28-22-12-10-21(27)11-13-22/h3-5,7-8,10-13,20,23-25,28,30-31H,2,6,9,14-18H2,1H3. The van der Waals surface area contributed by atoms with Crippen LogP contribution in [0.15, 0.2) is 54.6 Å². The molecule has 2 fully saturated rings. The van der Waals surface area contributed by atoms with Gasteiger partial charge in [0.1, 0.15) is 11.4 Å². The maximum absolute atomic E-state index is 13.3. The van der Waals surface area contributed by atoms with Crippen LogP contribution in [-0.4, -0.2) is 59.0 Å². The van der Waals surface area contributed by atoms with Crippen molar-refractivity contribution in [3.8, 4) is 0 Å². The summed E-state index contributed by atoms with van der Waals surface area (Å²) in [7, 11) is 0. The Labute approximate surface area is 195 Å². The summed E-state index contributed by atoms with van der Waals surface area (Å²) in [6.07, 6.45) is 1.67. The second-order valence-electron chi connectivity index (χ2n) is 9.14. The molecule has 1 saturated heterocycles. The summed E-state index contributed by atoms with van der Waals surface area (Å²) < 4.78 is 25.2. The number of nitrogens with one attached hydrogen (secondary N) is 1. The molecule has 0 aromatic heterocycles. The summed E-state index contributed by atoms with van der Waals surface area (Å²) in [5.41, 5.74) is 0.771. The van der Waals surface area contributed by atoms with Gasteiger partial charge in [-0.3, -0.25) is 4.90 Å². The number of aliphatic hydroxyl groups excluding tert-OH is 1. The smallest absolute Gasteiger partial charge is 0.216 e. The van der Waals surface area contributed by atoms with Crippen LogP contribution in [0.1, 0.15) is 38.2 Å². The second-order valence-corrected chi connectivity index (χ2v) is 9.14. The highest BCUT2D eigenvalue weighted by atomic mass is 19.1. The number of benzene rings is 2. The maximum Gasteiger partial charge on any atom is 0.216 e. The van der Waals surface area contributed by atoms with Gasteiger partial charge in [-0.25, -0.2) is 4.39 Å². The van der Waals surface area contributed by atoms with E-state index < -0.39 is 12.0 Å². The highest BCUT2D eigenvalue weighted by Gasteiger charge is 2.53. The van der Waals surface area contributed by atoms with Crippen molar-refractivity contribution in [2.75, 3.05) is 25.0 Å². The van der Waals surface area contributed by atoms with Crippen molar-refractivity contribution >= 4 is 5.69 Å². The lowest BCUT2D eigenvalue weighted by molar-refractivity contribution is -0.223. The Morgan fingerprint density at radius 2 is 1.94 bits per heavy atom. The lowest BCUT2D eigenvalue weighted by Gasteiger charge is -2.52. The summed E-state index contributed by atoms with van der Waals surface area (Å²) in [5.74, 6) is -0.217. The van der Waals surface area contributed by atoms with E-state index in [1.54, 1.807) is 12.1 Å². The molecule has 3 N–H and O–H groups in total. The van der Waals surface area contributed by atoms with Crippen molar-refractivity contribution in [1.82, 2.24) is 4.90 Å². The number of halogens is 1. The van der Waals surface area contributed by atoms with Gasteiger partial charge in [-0.15, -0.1) is 0 Å².